The molecule has 2 rings (SSSR count). The van der Waals surface area contributed by atoms with Gasteiger partial charge in [-0.05, 0) is 0 Å². The summed E-state index contributed by atoms with van der Waals surface area (Å²) in [6.45, 7) is -0.695. The van der Waals surface area contributed by atoms with Crippen molar-refractivity contribution in [2.45, 2.75) is 30.7 Å². The lowest BCUT2D eigenvalue weighted by Crippen LogP contribution is -2.60. The molecule has 0 aromatic heterocycles. The van der Waals surface area contributed by atoms with E-state index in [2.05, 4.69) is 0 Å². The minimum atomic E-state index is -1.75. The molecular weight excluding hydrogens is 332 g/mol. The zero-order valence-electron chi connectivity index (χ0n) is 12.0. The Kier molecular flexibility index (Phi) is 5.26. The summed E-state index contributed by atoms with van der Waals surface area (Å²) in [5.74, 6) is -0.361. The third-order valence-electron chi connectivity index (χ3n) is 3.40. The van der Waals surface area contributed by atoms with E-state index in [-0.39, 0.29) is 5.75 Å². The number of aliphatic hydroxyl groups excluding tert-OH is 4. The highest BCUT2D eigenvalue weighted by molar-refractivity contribution is 5.49. The number of hydrogen-bond acceptors (Lipinski definition) is 10. The van der Waals surface area contributed by atoms with Crippen molar-refractivity contribution < 1.29 is 39.7 Å². The van der Waals surface area contributed by atoms with Gasteiger partial charge in [-0.25, -0.2) is 0 Å². The molecule has 132 valence electrons. The Morgan fingerprint density at radius 3 is 2.00 bits per heavy atom. The van der Waals surface area contributed by atoms with E-state index in [1.807, 2.05) is 0 Å². The van der Waals surface area contributed by atoms with Gasteiger partial charge in [0, 0.05) is 0 Å². The second-order valence-electron chi connectivity index (χ2n) is 5.01. The Bertz CT molecular complexity index is 604. The van der Waals surface area contributed by atoms with Gasteiger partial charge in [-0.1, -0.05) is 0 Å². The van der Waals surface area contributed by atoms with Crippen LogP contribution in [0.3, 0.4) is 0 Å². The van der Waals surface area contributed by atoms with Gasteiger partial charge in [0.25, 0.3) is 11.4 Å². The Labute approximate surface area is 133 Å². The van der Waals surface area contributed by atoms with Crippen molar-refractivity contribution >= 4 is 11.4 Å². The maximum Gasteiger partial charge on any atom is 0.280 e. The third-order valence-corrected chi connectivity index (χ3v) is 3.40. The minimum absolute atomic E-state index is 0.361. The molecule has 1 aromatic rings. The molecule has 1 heterocycles. The Hall–Kier alpha value is -2.38. The number of nitrogens with zero attached hydrogens (tertiary/aromatic N) is 2. The quantitative estimate of drug-likeness (QED) is 0.368. The van der Waals surface area contributed by atoms with Crippen LogP contribution in [0.1, 0.15) is 0 Å². The van der Waals surface area contributed by atoms with Crippen LogP contribution in [0.15, 0.2) is 18.2 Å². The molecule has 1 aromatic carbocycles. The zero-order chi connectivity index (χ0) is 18.0. The lowest BCUT2D eigenvalue weighted by atomic mass is 9.99. The van der Waals surface area contributed by atoms with Crippen LogP contribution in [0.5, 0.6) is 5.75 Å². The number of nitro benzene ring substituents is 2. The predicted molar refractivity (Wildman–Crippen MR) is 74.1 cm³/mol. The lowest BCUT2D eigenvalue weighted by molar-refractivity contribution is -0.394. The highest BCUT2D eigenvalue weighted by atomic mass is 16.7. The van der Waals surface area contributed by atoms with Gasteiger partial charge in [0.15, 0.2) is 0 Å². The highest BCUT2D eigenvalue weighted by Gasteiger charge is 2.44. The molecule has 1 aliphatic heterocycles. The fourth-order valence-electron chi connectivity index (χ4n) is 2.15. The summed E-state index contributed by atoms with van der Waals surface area (Å²) in [6, 6.07) is 2.46. The van der Waals surface area contributed by atoms with E-state index < -0.39 is 58.5 Å². The van der Waals surface area contributed by atoms with E-state index in [9.17, 15) is 35.5 Å². The summed E-state index contributed by atoms with van der Waals surface area (Å²) in [7, 11) is 0. The Morgan fingerprint density at radius 2 is 1.54 bits per heavy atom. The maximum atomic E-state index is 10.8. The van der Waals surface area contributed by atoms with Crippen LogP contribution >= 0.6 is 0 Å². The Balaban J connectivity index is 2.29. The van der Waals surface area contributed by atoms with Crippen LogP contribution < -0.4 is 4.74 Å². The second kappa shape index (κ2) is 7.02. The van der Waals surface area contributed by atoms with Crippen molar-refractivity contribution in [2.75, 3.05) is 6.61 Å². The van der Waals surface area contributed by atoms with E-state index >= 15 is 0 Å². The van der Waals surface area contributed by atoms with Gasteiger partial charge in [0.1, 0.15) is 30.2 Å². The number of non-ortho nitro benzene ring substituents is 2. The molecule has 1 saturated heterocycles. The first-order valence-corrected chi connectivity index (χ1v) is 6.65. The first-order valence-electron chi connectivity index (χ1n) is 6.65. The zero-order valence-corrected chi connectivity index (χ0v) is 12.0. The van der Waals surface area contributed by atoms with Gasteiger partial charge in [-0.2, -0.15) is 0 Å². The number of nitro groups is 2. The van der Waals surface area contributed by atoms with Crippen molar-refractivity contribution in [3.8, 4) is 5.75 Å². The molecule has 0 radical (unpaired) electrons. The molecule has 0 amide bonds. The van der Waals surface area contributed by atoms with E-state index in [4.69, 9.17) is 14.6 Å². The maximum absolute atomic E-state index is 10.8. The first kappa shape index (κ1) is 18.0. The normalized spacial score (nSPS) is 29.9. The van der Waals surface area contributed by atoms with Gasteiger partial charge in [0.05, 0.1) is 34.7 Å². The molecule has 5 atom stereocenters. The molecular formula is C12H14N2O10. The topological polar surface area (TPSA) is 186 Å². The summed E-state index contributed by atoms with van der Waals surface area (Å²) >= 11 is 0. The van der Waals surface area contributed by atoms with Gasteiger partial charge in [-0.3, -0.25) is 20.2 Å². The van der Waals surface area contributed by atoms with Crippen LogP contribution in [0, 0.1) is 20.2 Å². The average Bonchev–Trinajstić information content (AvgIpc) is 2.55. The molecule has 12 heteroatoms. The van der Waals surface area contributed by atoms with E-state index in [0.717, 1.165) is 18.2 Å². The third kappa shape index (κ3) is 3.58. The predicted octanol–water partition coefficient (Wildman–Crippen LogP) is -1.32. The first-order chi connectivity index (χ1) is 11.2. The van der Waals surface area contributed by atoms with E-state index in [0.29, 0.717) is 0 Å². The largest absolute Gasteiger partial charge is 0.461 e. The highest BCUT2D eigenvalue weighted by Crippen LogP contribution is 2.30. The molecule has 24 heavy (non-hydrogen) atoms. The molecule has 0 bridgehead atoms. The molecule has 0 unspecified atom stereocenters. The molecule has 12 nitrogen and oxygen atoms in total. The number of hydrogen-bond donors (Lipinski definition) is 4. The van der Waals surface area contributed by atoms with Crippen molar-refractivity contribution in [1.29, 1.82) is 0 Å². The van der Waals surface area contributed by atoms with E-state index in [1.165, 1.54) is 0 Å². The fraction of sp³-hybridized carbons (Fsp3) is 0.500. The fourth-order valence-corrected chi connectivity index (χ4v) is 2.15. The van der Waals surface area contributed by atoms with Gasteiger partial charge in [-0.15, -0.1) is 0 Å². The summed E-state index contributed by atoms with van der Waals surface area (Å²) < 4.78 is 10.2. The SMILES string of the molecule is O=[N+]([O-])c1cc(O[C@@H]2O[C@H](CO)[C@H](O)[C@H](O)[C@H]2O)cc([N+](=O)[O-])c1. The van der Waals surface area contributed by atoms with Crippen LogP contribution in [0.25, 0.3) is 0 Å². The van der Waals surface area contributed by atoms with Crippen molar-refractivity contribution in [1.82, 2.24) is 0 Å². The molecule has 1 fully saturated rings. The van der Waals surface area contributed by atoms with Gasteiger partial charge in [0.2, 0.25) is 6.29 Å². The van der Waals surface area contributed by atoms with Crippen LogP contribution in [0.2, 0.25) is 0 Å². The van der Waals surface area contributed by atoms with Crippen LogP contribution in [-0.2, 0) is 4.74 Å². The van der Waals surface area contributed by atoms with Crippen molar-refractivity contribution in [2.24, 2.45) is 0 Å². The number of benzene rings is 1. The van der Waals surface area contributed by atoms with Crippen LogP contribution in [0.4, 0.5) is 11.4 Å². The number of rotatable bonds is 5. The average molecular weight is 346 g/mol. The van der Waals surface area contributed by atoms with E-state index in [1.54, 1.807) is 0 Å². The van der Waals surface area contributed by atoms with Crippen molar-refractivity contribution in [3.05, 3.63) is 38.4 Å². The van der Waals surface area contributed by atoms with Crippen molar-refractivity contribution in [3.63, 3.8) is 0 Å². The standard InChI is InChI=1S/C12H14N2O10/c15-4-8-9(16)10(17)11(18)12(24-8)23-7-2-5(13(19)20)1-6(3-7)14(21)22/h1-3,8-12,15-18H,4H2/t8-,9+,10+,11-,12-/m1/s1. The smallest absolute Gasteiger partial charge is 0.280 e. The van der Waals surface area contributed by atoms with Crippen LogP contribution in [-0.4, -0.2) is 67.6 Å². The summed E-state index contributed by atoms with van der Waals surface area (Å²) in [5.41, 5.74) is -1.24. The molecule has 0 aliphatic carbocycles. The monoisotopic (exact) mass is 346 g/mol. The molecule has 0 spiro atoms. The minimum Gasteiger partial charge on any atom is -0.461 e. The van der Waals surface area contributed by atoms with Gasteiger partial charge >= 0.3 is 0 Å². The summed E-state index contributed by atoms with van der Waals surface area (Å²) in [6.07, 6.45) is -7.93. The molecule has 0 saturated carbocycles. The lowest BCUT2D eigenvalue weighted by Gasteiger charge is -2.39. The van der Waals surface area contributed by atoms with Gasteiger partial charge < -0.3 is 29.9 Å². The Morgan fingerprint density at radius 1 is 1.00 bits per heavy atom. The molecule has 4 N–H and O–H groups in total. The molecule has 1 aliphatic rings. The summed E-state index contributed by atoms with van der Waals surface area (Å²) in [4.78, 5) is 19.9. The number of ether oxygens (including phenoxy) is 2. The second-order valence-corrected chi connectivity index (χ2v) is 5.01. The number of aliphatic hydroxyl groups is 4. The summed E-state index contributed by atoms with van der Waals surface area (Å²) in [5, 5.41) is 59.8.